The van der Waals surface area contributed by atoms with Crippen molar-refractivity contribution in [2.24, 2.45) is 0 Å². The fraction of sp³-hybridized carbons (Fsp3) is 0.435. The number of rotatable bonds is 1. The van der Waals surface area contributed by atoms with Crippen LogP contribution in [-0.4, -0.2) is 25.5 Å². The highest BCUT2D eigenvalue weighted by Gasteiger charge is 2.46. The predicted molar refractivity (Wildman–Crippen MR) is 107 cm³/mol. The minimum atomic E-state index is -0.816. The summed E-state index contributed by atoms with van der Waals surface area (Å²) >= 11 is 0. The standard InChI is InChI=1S/C23H26F2N2O/c1-22(2,3)15-7-8-19-16(13-15)23(9-11-26-12-10-23)14-27(19)21(28)20-17(24)5-4-6-18(20)25/h4-8,13,26H,9-12,14H2,1-3H3. The molecule has 0 bridgehead atoms. The van der Waals surface area contributed by atoms with Gasteiger partial charge in [-0.3, -0.25) is 4.79 Å². The molecule has 1 spiro atoms. The van der Waals surface area contributed by atoms with Gasteiger partial charge in [0.15, 0.2) is 0 Å². The summed E-state index contributed by atoms with van der Waals surface area (Å²) in [6, 6.07) is 9.72. The maximum absolute atomic E-state index is 14.3. The van der Waals surface area contributed by atoms with Crippen molar-refractivity contribution in [3.63, 3.8) is 0 Å². The van der Waals surface area contributed by atoms with Gasteiger partial charge in [0.2, 0.25) is 0 Å². The lowest BCUT2D eigenvalue weighted by molar-refractivity contribution is 0.0974. The molecular weight excluding hydrogens is 358 g/mol. The maximum Gasteiger partial charge on any atom is 0.264 e. The first kappa shape index (κ1) is 19.1. The molecule has 0 radical (unpaired) electrons. The minimum absolute atomic E-state index is 0.0157. The second-order valence-corrected chi connectivity index (χ2v) is 9.00. The molecule has 5 heteroatoms. The van der Waals surface area contributed by atoms with Crippen LogP contribution in [0.3, 0.4) is 0 Å². The number of anilines is 1. The molecule has 4 rings (SSSR count). The Hall–Kier alpha value is -2.27. The van der Waals surface area contributed by atoms with Crippen LogP contribution in [0.15, 0.2) is 36.4 Å². The van der Waals surface area contributed by atoms with Crippen molar-refractivity contribution >= 4 is 11.6 Å². The normalized spacial score (nSPS) is 18.4. The van der Waals surface area contributed by atoms with Crippen molar-refractivity contribution in [2.75, 3.05) is 24.5 Å². The van der Waals surface area contributed by atoms with Gasteiger partial charge in [-0.1, -0.05) is 39.0 Å². The van der Waals surface area contributed by atoms with E-state index in [0.717, 1.165) is 49.3 Å². The average molecular weight is 384 g/mol. The molecule has 148 valence electrons. The summed E-state index contributed by atoms with van der Waals surface area (Å²) in [4.78, 5) is 14.8. The molecule has 0 atom stereocenters. The zero-order valence-electron chi connectivity index (χ0n) is 16.6. The Labute approximate surface area is 164 Å². The van der Waals surface area contributed by atoms with Crippen molar-refractivity contribution < 1.29 is 13.6 Å². The van der Waals surface area contributed by atoms with E-state index in [0.29, 0.717) is 6.54 Å². The summed E-state index contributed by atoms with van der Waals surface area (Å²) in [7, 11) is 0. The van der Waals surface area contributed by atoms with Crippen LogP contribution in [0.25, 0.3) is 0 Å². The van der Waals surface area contributed by atoms with E-state index in [-0.39, 0.29) is 10.8 Å². The van der Waals surface area contributed by atoms with E-state index >= 15 is 0 Å². The largest absolute Gasteiger partial charge is 0.317 e. The number of benzene rings is 2. The molecule has 0 unspecified atom stereocenters. The molecule has 2 heterocycles. The van der Waals surface area contributed by atoms with E-state index in [1.54, 1.807) is 4.90 Å². The molecule has 2 aliphatic heterocycles. The fourth-order valence-corrected chi connectivity index (χ4v) is 4.49. The third-order valence-electron chi connectivity index (χ3n) is 6.17. The van der Waals surface area contributed by atoms with Gasteiger partial charge >= 0.3 is 0 Å². The van der Waals surface area contributed by atoms with Crippen molar-refractivity contribution in [3.8, 4) is 0 Å². The topological polar surface area (TPSA) is 32.3 Å². The van der Waals surface area contributed by atoms with E-state index in [1.165, 1.54) is 11.6 Å². The summed E-state index contributed by atoms with van der Waals surface area (Å²) in [5.41, 5.74) is 2.46. The van der Waals surface area contributed by atoms with Crippen LogP contribution in [0.2, 0.25) is 0 Å². The SMILES string of the molecule is CC(C)(C)c1ccc2c(c1)C1(CCNCC1)CN2C(=O)c1c(F)cccc1F. The van der Waals surface area contributed by atoms with Gasteiger partial charge in [-0.25, -0.2) is 8.78 Å². The van der Waals surface area contributed by atoms with Gasteiger partial charge in [-0.05, 0) is 60.7 Å². The second kappa shape index (κ2) is 6.66. The zero-order chi connectivity index (χ0) is 20.1. The summed E-state index contributed by atoms with van der Waals surface area (Å²) in [5, 5.41) is 3.38. The van der Waals surface area contributed by atoms with Crippen LogP contribution in [0, 0.1) is 11.6 Å². The highest BCUT2D eigenvalue weighted by atomic mass is 19.1. The van der Waals surface area contributed by atoms with Gasteiger partial charge in [0.05, 0.1) is 0 Å². The molecule has 2 aromatic carbocycles. The Morgan fingerprint density at radius 1 is 1.07 bits per heavy atom. The number of nitrogens with one attached hydrogen (secondary N) is 1. The lowest BCUT2D eigenvalue weighted by Crippen LogP contribution is -2.44. The molecule has 1 fully saturated rings. The number of hydrogen-bond acceptors (Lipinski definition) is 2. The van der Waals surface area contributed by atoms with Gasteiger partial charge < -0.3 is 10.2 Å². The molecule has 0 aliphatic carbocycles. The Bertz CT molecular complexity index is 906. The highest BCUT2D eigenvalue weighted by molar-refractivity contribution is 6.08. The summed E-state index contributed by atoms with van der Waals surface area (Å²) in [6.45, 7) is 8.69. The molecule has 1 N–H and O–H groups in total. The van der Waals surface area contributed by atoms with Crippen LogP contribution < -0.4 is 10.2 Å². The van der Waals surface area contributed by atoms with Crippen molar-refractivity contribution in [1.29, 1.82) is 0 Å². The number of hydrogen-bond donors (Lipinski definition) is 1. The Kier molecular flexibility index (Phi) is 4.53. The van der Waals surface area contributed by atoms with Gasteiger partial charge in [0.25, 0.3) is 5.91 Å². The molecule has 28 heavy (non-hydrogen) atoms. The van der Waals surface area contributed by atoms with Crippen LogP contribution in [0.5, 0.6) is 0 Å². The lowest BCUT2D eigenvalue weighted by Gasteiger charge is -2.35. The number of fused-ring (bicyclic) bond motifs is 2. The van der Waals surface area contributed by atoms with E-state index in [2.05, 4.69) is 32.2 Å². The third-order valence-corrected chi connectivity index (χ3v) is 6.17. The van der Waals surface area contributed by atoms with Gasteiger partial charge in [0, 0.05) is 17.6 Å². The first-order valence-electron chi connectivity index (χ1n) is 9.85. The highest BCUT2D eigenvalue weighted by Crippen LogP contribution is 2.48. The van der Waals surface area contributed by atoms with Crippen LogP contribution in [-0.2, 0) is 10.8 Å². The summed E-state index contributed by atoms with van der Waals surface area (Å²) in [5.74, 6) is -2.23. The zero-order valence-corrected chi connectivity index (χ0v) is 16.6. The van der Waals surface area contributed by atoms with E-state index < -0.39 is 23.1 Å². The average Bonchev–Trinajstić information content (AvgIpc) is 2.95. The minimum Gasteiger partial charge on any atom is -0.317 e. The molecule has 1 amide bonds. The maximum atomic E-state index is 14.3. The van der Waals surface area contributed by atoms with Gasteiger partial charge in [-0.2, -0.15) is 0 Å². The molecule has 0 aromatic heterocycles. The smallest absolute Gasteiger partial charge is 0.264 e. The summed E-state index contributed by atoms with van der Waals surface area (Å²) < 4.78 is 28.6. The lowest BCUT2D eigenvalue weighted by atomic mass is 9.73. The number of carbonyl (C=O) groups is 1. The second-order valence-electron chi connectivity index (χ2n) is 9.00. The summed E-state index contributed by atoms with van der Waals surface area (Å²) in [6.07, 6.45) is 1.80. The molecular formula is C23H26F2N2O. The Morgan fingerprint density at radius 2 is 1.71 bits per heavy atom. The first-order chi connectivity index (χ1) is 13.2. The third kappa shape index (κ3) is 3.02. The molecule has 2 aliphatic rings. The number of carbonyl (C=O) groups excluding carboxylic acids is 1. The van der Waals surface area contributed by atoms with Crippen molar-refractivity contribution in [2.45, 2.75) is 44.4 Å². The van der Waals surface area contributed by atoms with Gasteiger partial charge in [-0.15, -0.1) is 0 Å². The fourth-order valence-electron chi connectivity index (χ4n) is 4.49. The first-order valence-corrected chi connectivity index (χ1v) is 9.85. The molecule has 3 nitrogen and oxygen atoms in total. The Morgan fingerprint density at radius 3 is 2.32 bits per heavy atom. The van der Waals surface area contributed by atoms with E-state index in [9.17, 15) is 13.6 Å². The van der Waals surface area contributed by atoms with Gasteiger partial charge in [0.1, 0.15) is 17.2 Å². The predicted octanol–water partition coefficient (Wildman–Crippen LogP) is 4.54. The number of amides is 1. The number of halogens is 2. The number of piperidine rings is 1. The molecule has 1 saturated heterocycles. The van der Waals surface area contributed by atoms with Crippen LogP contribution >= 0.6 is 0 Å². The quantitative estimate of drug-likeness (QED) is 0.783. The monoisotopic (exact) mass is 384 g/mol. The van der Waals surface area contributed by atoms with Crippen molar-refractivity contribution in [1.82, 2.24) is 5.32 Å². The van der Waals surface area contributed by atoms with Crippen LogP contribution in [0.4, 0.5) is 14.5 Å². The van der Waals surface area contributed by atoms with E-state index in [1.807, 2.05) is 12.1 Å². The molecule has 0 saturated carbocycles. The van der Waals surface area contributed by atoms with E-state index in [4.69, 9.17) is 0 Å². The Balaban J connectivity index is 1.83. The molecule has 2 aromatic rings. The van der Waals surface area contributed by atoms with Crippen LogP contribution in [0.1, 0.15) is 55.1 Å². The van der Waals surface area contributed by atoms with Crippen molar-refractivity contribution in [3.05, 3.63) is 64.7 Å². The number of nitrogens with zero attached hydrogens (tertiary/aromatic N) is 1.